The molecule has 5 nitrogen and oxygen atoms in total. The van der Waals surface area contributed by atoms with E-state index in [1.165, 1.54) is 0 Å². The molecule has 0 bridgehead atoms. The highest BCUT2D eigenvalue weighted by atomic mass is 16.6. The minimum absolute atomic E-state index is 0.299. The maximum atomic E-state index is 9.32. The topological polar surface area (TPSA) is 60.0 Å². The molecule has 0 radical (unpaired) electrons. The molecule has 0 aromatic carbocycles. The van der Waals surface area contributed by atoms with Crippen molar-refractivity contribution in [2.24, 2.45) is 0 Å². The van der Waals surface area contributed by atoms with Crippen molar-refractivity contribution in [2.75, 3.05) is 39.6 Å². The van der Waals surface area contributed by atoms with Gasteiger partial charge in [0, 0.05) is 13.2 Å². The molecule has 0 fully saturated rings. The van der Waals surface area contributed by atoms with Crippen LogP contribution in [-0.4, -0.2) is 50.8 Å². The molecular formula is C9H21NO4. The maximum absolute atomic E-state index is 9.32. The summed E-state index contributed by atoms with van der Waals surface area (Å²) in [7, 11) is 0. The smallest absolute Gasteiger partial charge is 0.0920 e. The summed E-state index contributed by atoms with van der Waals surface area (Å²) in [6, 6.07) is 0. The van der Waals surface area contributed by atoms with Crippen LogP contribution in [0.15, 0.2) is 0 Å². The van der Waals surface area contributed by atoms with Gasteiger partial charge in [-0.3, -0.25) is 0 Å². The van der Waals surface area contributed by atoms with Gasteiger partial charge in [0.05, 0.1) is 32.5 Å². The lowest BCUT2D eigenvalue weighted by atomic mass is 10.4. The highest BCUT2D eigenvalue weighted by Gasteiger charge is 2.02. The van der Waals surface area contributed by atoms with E-state index in [1.807, 2.05) is 13.8 Å². The Morgan fingerprint density at radius 2 is 1.86 bits per heavy atom. The largest absolute Gasteiger partial charge is 0.389 e. The maximum Gasteiger partial charge on any atom is 0.0920 e. The van der Waals surface area contributed by atoms with Crippen molar-refractivity contribution in [3.8, 4) is 0 Å². The van der Waals surface area contributed by atoms with Crippen LogP contribution in [0.1, 0.15) is 13.8 Å². The lowest BCUT2D eigenvalue weighted by Crippen LogP contribution is -2.30. The van der Waals surface area contributed by atoms with E-state index in [4.69, 9.17) is 14.3 Å². The third kappa shape index (κ3) is 9.88. The molecule has 0 saturated heterocycles. The van der Waals surface area contributed by atoms with Gasteiger partial charge in [-0.2, -0.15) is 5.48 Å². The molecule has 0 aromatic heterocycles. The van der Waals surface area contributed by atoms with E-state index < -0.39 is 6.10 Å². The van der Waals surface area contributed by atoms with E-state index in [1.54, 1.807) is 0 Å². The van der Waals surface area contributed by atoms with Gasteiger partial charge in [0.1, 0.15) is 0 Å². The zero-order chi connectivity index (χ0) is 10.6. The molecule has 0 aliphatic carbocycles. The predicted octanol–water partition coefficient (Wildman–Crippen LogP) is -0.0585. The quantitative estimate of drug-likeness (QED) is 0.388. The summed E-state index contributed by atoms with van der Waals surface area (Å²) in [5, 5.41) is 9.32. The number of aliphatic hydroxyl groups is 1. The molecule has 0 aliphatic rings. The first-order valence-corrected chi connectivity index (χ1v) is 4.99. The summed E-state index contributed by atoms with van der Waals surface area (Å²) in [6.45, 7) is 6.84. The van der Waals surface area contributed by atoms with Crippen LogP contribution in [0, 0.1) is 0 Å². The Bertz CT molecular complexity index is 113. The standard InChI is InChI=1S/C9H21NO4/c1-3-12-5-6-13-8-9(11)7-10-14-4-2/h9-11H,3-8H2,1-2H3. The van der Waals surface area contributed by atoms with Crippen LogP contribution in [-0.2, 0) is 14.3 Å². The Hall–Kier alpha value is -0.200. The fourth-order valence-corrected chi connectivity index (χ4v) is 0.798. The number of hydrogen-bond donors (Lipinski definition) is 2. The first-order valence-electron chi connectivity index (χ1n) is 4.99. The van der Waals surface area contributed by atoms with Crippen LogP contribution in [0.3, 0.4) is 0 Å². The van der Waals surface area contributed by atoms with Gasteiger partial charge in [-0.05, 0) is 13.8 Å². The Labute approximate surface area is 85.3 Å². The van der Waals surface area contributed by atoms with Gasteiger partial charge >= 0.3 is 0 Å². The average molecular weight is 207 g/mol. The van der Waals surface area contributed by atoms with E-state index in [0.717, 1.165) is 0 Å². The second-order valence-corrected chi connectivity index (χ2v) is 2.71. The molecule has 1 atom stereocenters. The first kappa shape index (κ1) is 13.8. The minimum Gasteiger partial charge on any atom is -0.389 e. The first-order chi connectivity index (χ1) is 6.81. The van der Waals surface area contributed by atoms with Crippen molar-refractivity contribution < 1.29 is 19.4 Å². The molecule has 2 N–H and O–H groups in total. The molecular weight excluding hydrogens is 186 g/mol. The van der Waals surface area contributed by atoms with Crippen LogP contribution in [0.2, 0.25) is 0 Å². The zero-order valence-corrected chi connectivity index (χ0v) is 8.99. The van der Waals surface area contributed by atoms with Gasteiger partial charge in [-0.15, -0.1) is 0 Å². The van der Waals surface area contributed by atoms with Crippen LogP contribution in [0.5, 0.6) is 0 Å². The Morgan fingerprint density at radius 3 is 2.50 bits per heavy atom. The number of ether oxygens (including phenoxy) is 2. The molecule has 0 aromatic rings. The van der Waals surface area contributed by atoms with Crippen molar-refractivity contribution in [3.05, 3.63) is 0 Å². The van der Waals surface area contributed by atoms with E-state index in [2.05, 4.69) is 5.48 Å². The molecule has 0 aliphatic heterocycles. The number of hydrogen-bond acceptors (Lipinski definition) is 5. The van der Waals surface area contributed by atoms with Gasteiger partial charge in [0.15, 0.2) is 0 Å². The fourth-order valence-electron chi connectivity index (χ4n) is 0.798. The predicted molar refractivity (Wildman–Crippen MR) is 52.9 cm³/mol. The van der Waals surface area contributed by atoms with E-state index >= 15 is 0 Å². The summed E-state index contributed by atoms with van der Waals surface area (Å²) >= 11 is 0. The second-order valence-electron chi connectivity index (χ2n) is 2.71. The molecule has 1 unspecified atom stereocenters. The Morgan fingerprint density at radius 1 is 1.14 bits per heavy atom. The van der Waals surface area contributed by atoms with Gasteiger partial charge in [-0.25, -0.2) is 0 Å². The summed E-state index contributed by atoms with van der Waals surface area (Å²) in [4.78, 5) is 4.86. The molecule has 0 spiro atoms. The highest BCUT2D eigenvalue weighted by molar-refractivity contribution is 4.53. The van der Waals surface area contributed by atoms with Crippen LogP contribution < -0.4 is 5.48 Å². The van der Waals surface area contributed by atoms with E-state index in [-0.39, 0.29) is 0 Å². The second kappa shape index (κ2) is 10.9. The van der Waals surface area contributed by atoms with Gasteiger partial charge in [-0.1, -0.05) is 0 Å². The molecule has 14 heavy (non-hydrogen) atoms. The van der Waals surface area contributed by atoms with E-state index in [0.29, 0.717) is 39.6 Å². The molecule has 86 valence electrons. The van der Waals surface area contributed by atoms with Crippen molar-refractivity contribution in [2.45, 2.75) is 20.0 Å². The van der Waals surface area contributed by atoms with Crippen molar-refractivity contribution in [3.63, 3.8) is 0 Å². The molecule has 0 heterocycles. The summed E-state index contributed by atoms with van der Waals surface area (Å²) in [5.41, 5.74) is 2.63. The Balaban J connectivity index is 3.06. The third-order valence-electron chi connectivity index (χ3n) is 1.45. The normalized spacial score (nSPS) is 13.1. The van der Waals surface area contributed by atoms with Crippen LogP contribution in [0.4, 0.5) is 0 Å². The lowest BCUT2D eigenvalue weighted by molar-refractivity contribution is -0.0222. The summed E-state index contributed by atoms with van der Waals surface area (Å²) < 4.78 is 10.2. The van der Waals surface area contributed by atoms with Gasteiger partial charge < -0.3 is 19.4 Å². The summed E-state index contributed by atoms with van der Waals surface area (Å²) in [6.07, 6.45) is -0.539. The van der Waals surface area contributed by atoms with Crippen molar-refractivity contribution >= 4 is 0 Å². The number of aliphatic hydroxyl groups excluding tert-OH is 1. The SMILES string of the molecule is CCOCCOCC(O)CNOCC. The van der Waals surface area contributed by atoms with Crippen LogP contribution >= 0.6 is 0 Å². The molecule has 5 heteroatoms. The third-order valence-corrected chi connectivity index (χ3v) is 1.45. The summed E-state index contributed by atoms with van der Waals surface area (Å²) in [5.74, 6) is 0. The molecule has 0 amide bonds. The van der Waals surface area contributed by atoms with Gasteiger partial charge in [0.25, 0.3) is 0 Å². The molecule has 0 saturated carbocycles. The van der Waals surface area contributed by atoms with Gasteiger partial charge in [0.2, 0.25) is 0 Å². The fraction of sp³-hybridized carbons (Fsp3) is 1.00. The Kier molecular flexibility index (Phi) is 10.7. The minimum atomic E-state index is -0.539. The zero-order valence-electron chi connectivity index (χ0n) is 8.99. The van der Waals surface area contributed by atoms with Crippen LogP contribution in [0.25, 0.3) is 0 Å². The number of hydroxylamine groups is 1. The average Bonchev–Trinajstić information content (AvgIpc) is 2.18. The monoisotopic (exact) mass is 207 g/mol. The van der Waals surface area contributed by atoms with Crippen molar-refractivity contribution in [1.82, 2.24) is 5.48 Å². The van der Waals surface area contributed by atoms with Crippen molar-refractivity contribution in [1.29, 1.82) is 0 Å². The number of rotatable bonds is 10. The molecule has 0 rings (SSSR count). The lowest BCUT2D eigenvalue weighted by Gasteiger charge is -2.11. The highest BCUT2D eigenvalue weighted by Crippen LogP contribution is 1.85. The number of nitrogens with one attached hydrogen (secondary N) is 1. The van der Waals surface area contributed by atoms with E-state index in [9.17, 15) is 5.11 Å².